The number of rotatable bonds is 5. The van der Waals surface area contributed by atoms with E-state index in [1.165, 1.54) is 6.20 Å². The Labute approximate surface area is 149 Å². The van der Waals surface area contributed by atoms with Crippen molar-refractivity contribution in [2.24, 2.45) is 0 Å². The van der Waals surface area contributed by atoms with Crippen molar-refractivity contribution < 1.29 is 14.3 Å². The second kappa shape index (κ2) is 7.93. The Morgan fingerprint density at radius 3 is 2.42 bits per heavy atom. The van der Waals surface area contributed by atoms with E-state index >= 15 is 0 Å². The lowest BCUT2D eigenvalue weighted by Crippen LogP contribution is -2.41. The average molecular weight is 351 g/mol. The number of amides is 2. The molecule has 0 atom stereocenters. The molecule has 0 bridgehead atoms. The van der Waals surface area contributed by atoms with Crippen LogP contribution in [0.4, 0.5) is 0 Å². The first-order chi connectivity index (χ1) is 12.7. The number of carbonyl (C=O) groups excluding carboxylic acids is 2. The van der Waals surface area contributed by atoms with Crippen molar-refractivity contribution in [2.45, 2.75) is 6.92 Å². The van der Waals surface area contributed by atoms with Crippen LogP contribution in [0, 0.1) is 0 Å². The van der Waals surface area contributed by atoms with Crippen LogP contribution in [0.1, 0.15) is 27.6 Å². The molecule has 0 unspecified atom stereocenters. The third-order valence-corrected chi connectivity index (χ3v) is 3.49. The number of ether oxygens (including phenoxy) is 1. The van der Waals surface area contributed by atoms with Gasteiger partial charge in [0, 0.05) is 29.7 Å². The van der Waals surface area contributed by atoms with Gasteiger partial charge < -0.3 is 4.74 Å². The SMILES string of the molecule is CCOc1ccc(C(=O)NNC(=O)c2ccnc(-n3ccnc3)c2)cc1. The molecular formula is C18H17N5O3. The number of nitrogens with one attached hydrogen (secondary N) is 2. The smallest absolute Gasteiger partial charge is 0.269 e. The van der Waals surface area contributed by atoms with E-state index in [1.807, 2.05) is 6.92 Å². The van der Waals surface area contributed by atoms with Gasteiger partial charge in [0.2, 0.25) is 0 Å². The van der Waals surface area contributed by atoms with E-state index in [9.17, 15) is 9.59 Å². The number of pyridine rings is 1. The number of benzene rings is 1. The fourth-order valence-electron chi connectivity index (χ4n) is 2.22. The Hall–Kier alpha value is -3.68. The van der Waals surface area contributed by atoms with E-state index in [4.69, 9.17) is 4.74 Å². The van der Waals surface area contributed by atoms with E-state index in [1.54, 1.807) is 59.7 Å². The van der Waals surface area contributed by atoms with Crippen LogP contribution in [0.25, 0.3) is 5.82 Å². The molecule has 3 rings (SSSR count). The molecule has 2 amide bonds. The highest BCUT2D eigenvalue weighted by molar-refractivity contribution is 5.99. The van der Waals surface area contributed by atoms with Crippen molar-refractivity contribution in [1.29, 1.82) is 0 Å². The minimum absolute atomic E-state index is 0.357. The van der Waals surface area contributed by atoms with Gasteiger partial charge in [-0.05, 0) is 43.3 Å². The summed E-state index contributed by atoms with van der Waals surface area (Å²) >= 11 is 0. The first-order valence-electron chi connectivity index (χ1n) is 7.95. The summed E-state index contributed by atoms with van der Waals surface area (Å²) in [7, 11) is 0. The maximum atomic E-state index is 12.2. The first-order valence-corrected chi connectivity index (χ1v) is 7.95. The van der Waals surface area contributed by atoms with E-state index in [0.29, 0.717) is 29.3 Å². The number of aromatic nitrogens is 3. The van der Waals surface area contributed by atoms with Crippen LogP contribution in [0.5, 0.6) is 5.75 Å². The molecule has 0 aliphatic carbocycles. The van der Waals surface area contributed by atoms with Gasteiger partial charge in [0.15, 0.2) is 0 Å². The van der Waals surface area contributed by atoms with Crippen molar-refractivity contribution >= 4 is 11.8 Å². The zero-order valence-electron chi connectivity index (χ0n) is 14.0. The van der Waals surface area contributed by atoms with Crippen LogP contribution in [0.15, 0.2) is 61.3 Å². The van der Waals surface area contributed by atoms with E-state index < -0.39 is 11.8 Å². The highest BCUT2D eigenvalue weighted by atomic mass is 16.5. The summed E-state index contributed by atoms with van der Waals surface area (Å²) in [5.74, 6) is 0.350. The van der Waals surface area contributed by atoms with Crippen LogP contribution < -0.4 is 15.6 Å². The molecule has 0 aliphatic heterocycles. The number of nitrogens with zero attached hydrogens (tertiary/aromatic N) is 3. The molecule has 1 aromatic carbocycles. The first kappa shape index (κ1) is 17.2. The fraction of sp³-hybridized carbons (Fsp3) is 0.111. The van der Waals surface area contributed by atoms with Gasteiger partial charge in [-0.15, -0.1) is 0 Å². The molecule has 0 radical (unpaired) electrons. The summed E-state index contributed by atoms with van der Waals surface area (Å²) in [6, 6.07) is 9.78. The molecule has 0 spiro atoms. The summed E-state index contributed by atoms with van der Waals surface area (Å²) in [5.41, 5.74) is 5.53. The monoisotopic (exact) mass is 351 g/mol. The molecule has 0 fully saturated rings. The van der Waals surface area contributed by atoms with Crippen molar-refractivity contribution in [3.8, 4) is 11.6 Å². The predicted octanol–water partition coefficient (Wildman–Crippen LogP) is 1.74. The lowest BCUT2D eigenvalue weighted by Gasteiger charge is -2.09. The lowest BCUT2D eigenvalue weighted by atomic mass is 10.2. The number of carbonyl (C=O) groups is 2. The second-order valence-corrected chi connectivity index (χ2v) is 5.24. The standard InChI is InChI=1S/C18H17N5O3/c1-2-26-15-5-3-13(4-6-15)17(24)21-22-18(25)14-7-8-20-16(11-14)23-10-9-19-12-23/h3-12H,2H2,1H3,(H,21,24)(H,22,25). The van der Waals surface area contributed by atoms with Gasteiger partial charge in [0.1, 0.15) is 17.9 Å². The van der Waals surface area contributed by atoms with Gasteiger partial charge in [0.25, 0.3) is 11.8 Å². The Kier molecular flexibility index (Phi) is 5.23. The molecule has 8 heteroatoms. The molecule has 2 heterocycles. The lowest BCUT2D eigenvalue weighted by molar-refractivity contribution is 0.0846. The van der Waals surface area contributed by atoms with Crippen LogP contribution in [0.3, 0.4) is 0 Å². The molecule has 0 saturated heterocycles. The Balaban J connectivity index is 1.61. The maximum Gasteiger partial charge on any atom is 0.269 e. The van der Waals surface area contributed by atoms with Crippen LogP contribution in [0.2, 0.25) is 0 Å². The topological polar surface area (TPSA) is 98.1 Å². The minimum Gasteiger partial charge on any atom is -0.494 e. The van der Waals surface area contributed by atoms with E-state index in [-0.39, 0.29) is 0 Å². The third kappa shape index (κ3) is 4.04. The Morgan fingerprint density at radius 1 is 1.04 bits per heavy atom. The van der Waals surface area contributed by atoms with E-state index in [2.05, 4.69) is 20.8 Å². The zero-order chi connectivity index (χ0) is 18.4. The molecular weight excluding hydrogens is 334 g/mol. The van der Waals surface area contributed by atoms with Crippen molar-refractivity contribution in [3.63, 3.8) is 0 Å². The van der Waals surface area contributed by atoms with Gasteiger partial charge >= 0.3 is 0 Å². The van der Waals surface area contributed by atoms with Gasteiger partial charge in [-0.25, -0.2) is 9.97 Å². The summed E-state index contributed by atoms with van der Waals surface area (Å²) in [4.78, 5) is 32.5. The largest absolute Gasteiger partial charge is 0.494 e. The maximum absolute atomic E-state index is 12.2. The van der Waals surface area contributed by atoms with Gasteiger partial charge in [-0.2, -0.15) is 0 Å². The summed E-state index contributed by atoms with van der Waals surface area (Å²) < 4.78 is 7.00. The molecule has 26 heavy (non-hydrogen) atoms. The normalized spacial score (nSPS) is 10.2. The number of hydrazine groups is 1. The van der Waals surface area contributed by atoms with Crippen molar-refractivity contribution in [1.82, 2.24) is 25.4 Å². The number of imidazole rings is 1. The zero-order valence-corrected chi connectivity index (χ0v) is 14.0. The van der Waals surface area contributed by atoms with E-state index in [0.717, 1.165) is 0 Å². The minimum atomic E-state index is -0.451. The Bertz CT molecular complexity index is 891. The van der Waals surface area contributed by atoms with Gasteiger partial charge in [0.05, 0.1) is 6.61 Å². The molecule has 132 valence electrons. The molecule has 3 aromatic rings. The molecule has 8 nitrogen and oxygen atoms in total. The van der Waals surface area contributed by atoms with Crippen LogP contribution >= 0.6 is 0 Å². The highest BCUT2D eigenvalue weighted by Crippen LogP contribution is 2.12. The Morgan fingerprint density at radius 2 is 1.77 bits per heavy atom. The fourth-order valence-corrected chi connectivity index (χ4v) is 2.22. The summed E-state index contributed by atoms with van der Waals surface area (Å²) in [6.45, 7) is 2.43. The van der Waals surface area contributed by atoms with Crippen LogP contribution in [-0.2, 0) is 0 Å². The summed E-state index contributed by atoms with van der Waals surface area (Å²) in [5, 5.41) is 0. The molecule has 2 aromatic heterocycles. The second-order valence-electron chi connectivity index (χ2n) is 5.24. The van der Waals surface area contributed by atoms with Gasteiger partial charge in [-0.3, -0.25) is 25.0 Å². The van der Waals surface area contributed by atoms with Crippen molar-refractivity contribution in [3.05, 3.63) is 72.4 Å². The molecule has 2 N–H and O–H groups in total. The predicted molar refractivity (Wildman–Crippen MR) is 93.9 cm³/mol. The van der Waals surface area contributed by atoms with Gasteiger partial charge in [-0.1, -0.05) is 0 Å². The third-order valence-electron chi connectivity index (χ3n) is 3.49. The average Bonchev–Trinajstić information content (AvgIpc) is 3.22. The summed E-state index contributed by atoms with van der Waals surface area (Å²) in [6.07, 6.45) is 6.43. The molecule has 0 saturated carbocycles. The van der Waals surface area contributed by atoms with Crippen molar-refractivity contribution in [2.75, 3.05) is 6.61 Å². The number of hydrogen-bond acceptors (Lipinski definition) is 5. The number of hydrogen-bond donors (Lipinski definition) is 2. The molecule has 0 aliphatic rings. The van der Waals surface area contributed by atoms with Crippen LogP contribution in [-0.4, -0.2) is 33.0 Å². The highest BCUT2D eigenvalue weighted by Gasteiger charge is 2.10. The quantitative estimate of drug-likeness (QED) is 0.682.